The minimum Gasteiger partial charge on any atom is -0.481 e. The Hall–Kier alpha value is -1.52. The molecule has 2 aliphatic carbocycles. The number of nitrogens with one attached hydrogen (secondary N) is 1. The minimum absolute atomic E-state index is 0.184. The van der Waals surface area contributed by atoms with Gasteiger partial charge in [0.05, 0.1) is 5.92 Å². The number of hydrogen-bond acceptors (Lipinski definition) is 2. The van der Waals surface area contributed by atoms with Gasteiger partial charge < -0.3 is 15.3 Å². The van der Waals surface area contributed by atoms with Crippen molar-refractivity contribution in [1.82, 2.24) is 10.2 Å². The summed E-state index contributed by atoms with van der Waals surface area (Å²) in [4.78, 5) is 24.0. The van der Waals surface area contributed by atoms with Crippen molar-refractivity contribution < 1.29 is 14.7 Å². The van der Waals surface area contributed by atoms with Crippen LogP contribution in [0.25, 0.3) is 0 Å². The molecule has 5 nitrogen and oxygen atoms in total. The Labute approximate surface area is 120 Å². The molecule has 0 aromatic rings. The maximum Gasteiger partial charge on any atom is 0.317 e. The molecule has 5 heteroatoms. The van der Waals surface area contributed by atoms with E-state index in [-0.39, 0.29) is 12.6 Å². The summed E-state index contributed by atoms with van der Waals surface area (Å²) in [5.41, 5.74) is 0. The van der Waals surface area contributed by atoms with Gasteiger partial charge in [0.25, 0.3) is 0 Å². The molecule has 0 saturated heterocycles. The van der Waals surface area contributed by atoms with E-state index in [1.54, 1.807) is 14.0 Å². The van der Waals surface area contributed by atoms with Gasteiger partial charge >= 0.3 is 12.0 Å². The quantitative estimate of drug-likeness (QED) is 0.731. The highest BCUT2D eigenvalue weighted by atomic mass is 16.4. The van der Waals surface area contributed by atoms with Crippen molar-refractivity contribution in [3.8, 4) is 0 Å². The fraction of sp³-hybridized carbons (Fsp3) is 0.733. The van der Waals surface area contributed by atoms with Crippen molar-refractivity contribution in [3.05, 3.63) is 12.2 Å². The summed E-state index contributed by atoms with van der Waals surface area (Å²) in [5.74, 6) is 0.759. The smallest absolute Gasteiger partial charge is 0.317 e. The number of amides is 2. The van der Waals surface area contributed by atoms with Crippen LogP contribution in [0.15, 0.2) is 12.2 Å². The van der Waals surface area contributed by atoms with E-state index in [0.29, 0.717) is 18.4 Å². The Kier molecular flexibility index (Phi) is 4.68. The van der Waals surface area contributed by atoms with Crippen LogP contribution in [-0.2, 0) is 4.79 Å². The van der Waals surface area contributed by atoms with Crippen molar-refractivity contribution in [2.45, 2.75) is 26.2 Å². The molecule has 2 unspecified atom stereocenters. The number of allylic oxidation sites excluding steroid dienone is 2. The second-order valence-electron chi connectivity index (χ2n) is 6.18. The normalized spacial score (nSPS) is 28.4. The van der Waals surface area contributed by atoms with E-state index in [2.05, 4.69) is 17.5 Å². The number of rotatable bonds is 6. The zero-order chi connectivity index (χ0) is 14.7. The van der Waals surface area contributed by atoms with Crippen molar-refractivity contribution in [2.75, 3.05) is 20.1 Å². The SMILES string of the molecule is CC(CN(C)C(=O)NCCC1C[C@@H]2C=C[C@H]1C2)C(=O)O. The summed E-state index contributed by atoms with van der Waals surface area (Å²) in [6, 6.07) is -0.184. The van der Waals surface area contributed by atoms with Crippen molar-refractivity contribution in [3.63, 3.8) is 0 Å². The summed E-state index contributed by atoms with van der Waals surface area (Å²) in [7, 11) is 1.63. The van der Waals surface area contributed by atoms with Gasteiger partial charge in [-0.15, -0.1) is 0 Å². The van der Waals surface area contributed by atoms with Gasteiger partial charge in [-0.1, -0.05) is 19.1 Å². The van der Waals surface area contributed by atoms with Crippen molar-refractivity contribution >= 4 is 12.0 Å². The molecule has 2 rings (SSSR count). The predicted octanol–water partition coefficient (Wildman–Crippen LogP) is 1.95. The third kappa shape index (κ3) is 3.52. The van der Waals surface area contributed by atoms with Crippen LogP contribution < -0.4 is 5.32 Å². The van der Waals surface area contributed by atoms with Crippen LogP contribution in [0.5, 0.6) is 0 Å². The molecule has 2 N–H and O–H groups in total. The van der Waals surface area contributed by atoms with Crippen molar-refractivity contribution in [1.29, 1.82) is 0 Å². The highest BCUT2D eigenvalue weighted by Crippen LogP contribution is 2.44. The van der Waals surface area contributed by atoms with Crippen LogP contribution >= 0.6 is 0 Å². The first-order valence-corrected chi connectivity index (χ1v) is 7.37. The molecule has 0 aromatic carbocycles. The van der Waals surface area contributed by atoms with Gasteiger partial charge in [0.2, 0.25) is 0 Å². The Morgan fingerprint density at radius 2 is 2.15 bits per heavy atom. The summed E-state index contributed by atoms with van der Waals surface area (Å²) < 4.78 is 0. The maximum absolute atomic E-state index is 11.8. The standard InChI is InChI=1S/C15H24N2O3/c1-10(14(18)19)9-17(2)15(20)16-6-5-13-8-11-3-4-12(13)7-11/h3-4,10-13H,5-9H2,1-2H3,(H,16,20)(H,18,19)/t10?,11-,12+,13?/m1/s1. The van der Waals surface area contributed by atoms with Crippen LogP contribution in [0, 0.1) is 23.7 Å². The second-order valence-corrected chi connectivity index (χ2v) is 6.18. The van der Waals surface area contributed by atoms with Crippen molar-refractivity contribution in [2.24, 2.45) is 23.7 Å². The van der Waals surface area contributed by atoms with E-state index in [9.17, 15) is 9.59 Å². The van der Waals surface area contributed by atoms with Gasteiger partial charge in [-0.3, -0.25) is 4.79 Å². The first kappa shape index (κ1) is 14.9. The number of aliphatic carboxylic acids is 1. The van der Waals surface area contributed by atoms with Gasteiger partial charge in [0.15, 0.2) is 0 Å². The second kappa shape index (κ2) is 6.29. The molecule has 20 heavy (non-hydrogen) atoms. The molecule has 1 fully saturated rings. The Morgan fingerprint density at radius 1 is 1.40 bits per heavy atom. The van der Waals surface area contributed by atoms with Gasteiger partial charge in [0, 0.05) is 20.1 Å². The van der Waals surface area contributed by atoms with Gasteiger partial charge in [-0.25, -0.2) is 4.79 Å². The summed E-state index contributed by atoms with van der Waals surface area (Å²) in [5, 5.41) is 11.7. The van der Waals surface area contributed by atoms with E-state index < -0.39 is 11.9 Å². The van der Waals surface area contributed by atoms with Gasteiger partial charge in [-0.05, 0) is 37.0 Å². The van der Waals surface area contributed by atoms with E-state index in [0.717, 1.165) is 12.3 Å². The van der Waals surface area contributed by atoms with Crippen LogP contribution in [0.3, 0.4) is 0 Å². The molecular formula is C15H24N2O3. The van der Waals surface area contributed by atoms with Crippen LogP contribution in [0.4, 0.5) is 4.79 Å². The molecule has 0 spiro atoms. The number of carboxylic acids is 1. The number of carbonyl (C=O) groups is 2. The zero-order valence-electron chi connectivity index (χ0n) is 12.2. The molecule has 0 aromatic heterocycles. The van der Waals surface area contributed by atoms with E-state index >= 15 is 0 Å². The molecule has 0 aliphatic heterocycles. The first-order chi connectivity index (χ1) is 9.47. The highest BCUT2D eigenvalue weighted by Gasteiger charge is 2.35. The number of carbonyl (C=O) groups excluding carboxylic acids is 1. The lowest BCUT2D eigenvalue weighted by Crippen LogP contribution is -2.41. The molecule has 112 valence electrons. The van der Waals surface area contributed by atoms with E-state index in [1.807, 2.05) is 0 Å². The number of nitrogens with zero attached hydrogens (tertiary/aromatic N) is 1. The summed E-state index contributed by atoms with van der Waals surface area (Å²) in [6.07, 6.45) is 8.19. The monoisotopic (exact) mass is 280 g/mol. The average molecular weight is 280 g/mol. The molecule has 0 radical (unpaired) electrons. The van der Waals surface area contributed by atoms with E-state index in [1.165, 1.54) is 17.7 Å². The number of hydrogen-bond donors (Lipinski definition) is 2. The van der Waals surface area contributed by atoms with Crippen LogP contribution in [0.2, 0.25) is 0 Å². The molecule has 4 atom stereocenters. The topological polar surface area (TPSA) is 69.6 Å². The lowest BCUT2D eigenvalue weighted by Gasteiger charge is -2.22. The van der Waals surface area contributed by atoms with Crippen LogP contribution in [-0.4, -0.2) is 42.1 Å². The predicted molar refractivity (Wildman–Crippen MR) is 76.3 cm³/mol. The Morgan fingerprint density at radius 3 is 2.70 bits per heavy atom. The number of carboxylic acid groups (broad SMARTS) is 1. The lowest BCUT2D eigenvalue weighted by molar-refractivity contribution is -0.141. The minimum atomic E-state index is -0.876. The highest BCUT2D eigenvalue weighted by molar-refractivity contribution is 5.75. The van der Waals surface area contributed by atoms with E-state index in [4.69, 9.17) is 5.11 Å². The molecule has 1 saturated carbocycles. The zero-order valence-corrected chi connectivity index (χ0v) is 12.2. The molecule has 0 heterocycles. The molecule has 2 amide bonds. The first-order valence-electron chi connectivity index (χ1n) is 7.37. The third-order valence-corrected chi connectivity index (χ3v) is 4.52. The maximum atomic E-state index is 11.8. The summed E-state index contributed by atoms with van der Waals surface area (Å²) >= 11 is 0. The lowest BCUT2D eigenvalue weighted by atomic mass is 9.91. The molecular weight excluding hydrogens is 256 g/mol. The third-order valence-electron chi connectivity index (χ3n) is 4.52. The Bertz CT molecular complexity index is 408. The largest absolute Gasteiger partial charge is 0.481 e. The molecule has 2 bridgehead atoms. The average Bonchev–Trinajstić information content (AvgIpc) is 3.00. The fourth-order valence-corrected chi connectivity index (χ4v) is 3.30. The van der Waals surface area contributed by atoms with Crippen LogP contribution in [0.1, 0.15) is 26.2 Å². The fourth-order valence-electron chi connectivity index (χ4n) is 3.30. The number of fused-ring (bicyclic) bond motifs is 2. The van der Waals surface area contributed by atoms with Gasteiger partial charge in [-0.2, -0.15) is 0 Å². The number of urea groups is 1. The van der Waals surface area contributed by atoms with Gasteiger partial charge in [0.1, 0.15) is 0 Å². The summed E-state index contributed by atoms with van der Waals surface area (Å²) in [6.45, 7) is 2.51. The Balaban J connectivity index is 1.65. The molecule has 2 aliphatic rings.